The van der Waals surface area contributed by atoms with Crippen molar-refractivity contribution in [1.82, 2.24) is 15.1 Å². The highest BCUT2D eigenvalue weighted by atomic mass is 35.5. The molecule has 1 heterocycles. The number of amides is 1. The van der Waals surface area contributed by atoms with Crippen LogP contribution < -0.4 is 14.8 Å². The minimum atomic E-state index is -0.461. The molecule has 0 aliphatic rings. The number of nitriles is 1. The van der Waals surface area contributed by atoms with Gasteiger partial charge in [-0.2, -0.15) is 10.4 Å². The maximum absolute atomic E-state index is 12.9. The van der Waals surface area contributed by atoms with E-state index >= 15 is 0 Å². The molecule has 186 valence electrons. The number of nitrogens with one attached hydrogen (secondary N) is 1. The zero-order valence-electron chi connectivity index (χ0n) is 20.4. The molecule has 1 aromatic heterocycles. The van der Waals surface area contributed by atoms with Gasteiger partial charge in [0, 0.05) is 28.9 Å². The Kier molecular flexibility index (Phi) is 8.24. The van der Waals surface area contributed by atoms with Crippen molar-refractivity contribution in [2.75, 3.05) is 20.8 Å². The van der Waals surface area contributed by atoms with Crippen LogP contribution in [0.2, 0.25) is 5.02 Å². The predicted molar refractivity (Wildman–Crippen MR) is 144 cm³/mol. The Hall–Kier alpha value is -4.54. The average molecular weight is 513 g/mol. The third kappa shape index (κ3) is 6.18. The molecule has 0 saturated carbocycles. The molecule has 8 heteroatoms. The summed E-state index contributed by atoms with van der Waals surface area (Å²) in [5, 5.41) is 17.9. The van der Waals surface area contributed by atoms with E-state index in [9.17, 15) is 10.1 Å². The number of benzene rings is 3. The summed E-state index contributed by atoms with van der Waals surface area (Å²) in [6.45, 7) is 0.348. The van der Waals surface area contributed by atoms with E-state index in [0.29, 0.717) is 40.7 Å². The molecule has 0 aliphatic heterocycles. The van der Waals surface area contributed by atoms with Crippen LogP contribution in [0.5, 0.6) is 11.5 Å². The number of halogens is 1. The molecule has 7 nitrogen and oxygen atoms in total. The van der Waals surface area contributed by atoms with E-state index in [1.54, 1.807) is 43.3 Å². The molecule has 0 saturated heterocycles. The first-order valence-electron chi connectivity index (χ1n) is 11.5. The van der Waals surface area contributed by atoms with Gasteiger partial charge < -0.3 is 14.8 Å². The minimum Gasteiger partial charge on any atom is -0.493 e. The molecule has 0 atom stereocenters. The van der Waals surface area contributed by atoms with Gasteiger partial charge in [0.1, 0.15) is 11.6 Å². The highest BCUT2D eigenvalue weighted by molar-refractivity contribution is 6.30. The Morgan fingerprint density at radius 2 is 1.78 bits per heavy atom. The second-order valence-corrected chi connectivity index (χ2v) is 8.52. The average Bonchev–Trinajstić information content (AvgIpc) is 3.36. The maximum atomic E-state index is 12.9. The van der Waals surface area contributed by atoms with E-state index in [0.717, 1.165) is 16.8 Å². The Morgan fingerprint density at radius 3 is 2.46 bits per heavy atom. The molecule has 37 heavy (non-hydrogen) atoms. The number of methoxy groups -OCH3 is 2. The van der Waals surface area contributed by atoms with Crippen molar-refractivity contribution in [3.05, 3.63) is 101 Å². The first kappa shape index (κ1) is 25.5. The van der Waals surface area contributed by atoms with Crippen LogP contribution in [0.25, 0.3) is 23.0 Å². The summed E-state index contributed by atoms with van der Waals surface area (Å²) in [6.07, 6.45) is 3.92. The summed E-state index contributed by atoms with van der Waals surface area (Å²) in [5.74, 6) is 0.795. The summed E-state index contributed by atoms with van der Waals surface area (Å²) in [5.41, 5.74) is 3.89. The molecule has 0 unspecified atom stereocenters. The van der Waals surface area contributed by atoms with Crippen LogP contribution in [0.15, 0.2) is 84.6 Å². The first-order chi connectivity index (χ1) is 18.0. The Labute approximate surface area is 220 Å². The number of hydrogen-bond donors (Lipinski definition) is 1. The third-order valence-electron chi connectivity index (χ3n) is 5.69. The number of para-hydroxylation sites is 1. The largest absolute Gasteiger partial charge is 0.493 e. The van der Waals surface area contributed by atoms with Crippen molar-refractivity contribution in [2.45, 2.75) is 6.42 Å². The Morgan fingerprint density at radius 1 is 1.05 bits per heavy atom. The highest BCUT2D eigenvalue weighted by Crippen LogP contribution is 2.28. The lowest BCUT2D eigenvalue weighted by Gasteiger charge is -2.10. The number of aromatic nitrogens is 2. The molecular weight excluding hydrogens is 488 g/mol. The van der Waals surface area contributed by atoms with Crippen molar-refractivity contribution in [1.29, 1.82) is 5.26 Å². The van der Waals surface area contributed by atoms with Crippen molar-refractivity contribution in [2.24, 2.45) is 0 Å². The lowest BCUT2D eigenvalue weighted by molar-refractivity contribution is -0.117. The van der Waals surface area contributed by atoms with Crippen LogP contribution in [0.4, 0.5) is 0 Å². The van der Waals surface area contributed by atoms with Crippen LogP contribution in [0.3, 0.4) is 0 Å². The Bertz CT molecular complexity index is 1460. The van der Waals surface area contributed by atoms with Gasteiger partial charge >= 0.3 is 0 Å². The van der Waals surface area contributed by atoms with Crippen molar-refractivity contribution in [3.63, 3.8) is 0 Å². The zero-order chi connectivity index (χ0) is 26.2. The van der Waals surface area contributed by atoms with Crippen LogP contribution in [-0.2, 0) is 11.2 Å². The standard InChI is InChI=1S/C29H25ClN4O3/c1-36-26-13-8-20(16-27(26)37-2)14-15-32-29(35)22(18-31)17-23-19-34(25-6-4-3-5-7-25)33-28(23)21-9-11-24(30)12-10-21/h3-13,16-17,19H,14-15H2,1-2H3,(H,32,35). The van der Waals surface area contributed by atoms with E-state index in [-0.39, 0.29) is 5.57 Å². The Balaban J connectivity index is 1.56. The van der Waals surface area contributed by atoms with Gasteiger partial charge in [-0.1, -0.05) is 48.0 Å². The number of rotatable bonds is 9. The molecule has 0 radical (unpaired) electrons. The van der Waals surface area contributed by atoms with E-state index in [1.807, 2.05) is 66.7 Å². The summed E-state index contributed by atoms with van der Waals surface area (Å²) in [7, 11) is 3.15. The summed E-state index contributed by atoms with van der Waals surface area (Å²) < 4.78 is 12.3. The monoisotopic (exact) mass is 512 g/mol. The summed E-state index contributed by atoms with van der Waals surface area (Å²) >= 11 is 6.07. The summed E-state index contributed by atoms with van der Waals surface area (Å²) in [4.78, 5) is 12.9. The predicted octanol–water partition coefficient (Wildman–Crippen LogP) is 5.48. The molecule has 4 rings (SSSR count). The van der Waals surface area contributed by atoms with E-state index in [2.05, 4.69) is 5.32 Å². The number of hydrogen-bond acceptors (Lipinski definition) is 5. The van der Waals surface area contributed by atoms with Gasteiger partial charge in [-0.25, -0.2) is 4.68 Å². The second kappa shape index (κ2) is 11.9. The number of nitrogens with zero attached hydrogens (tertiary/aromatic N) is 3. The van der Waals surface area contributed by atoms with Crippen LogP contribution >= 0.6 is 11.6 Å². The van der Waals surface area contributed by atoms with Gasteiger partial charge in [-0.05, 0) is 54.5 Å². The smallest absolute Gasteiger partial charge is 0.261 e. The van der Waals surface area contributed by atoms with Crippen LogP contribution in [0.1, 0.15) is 11.1 Å². The fourth-order valence-corrected chi connectivity index (χ4v) is 3.92. The molecule has 4 aromatic rings. The van der Waals surface area contributed by atoms with Crippen molar-refractivity contribution >= 4 is 23.6 Å². The fourth-order valence-electron chi connectivity index (χ4n) is 3.79. The molecule has 0 aliphatic carbocycles. The topological polar surface area (TPSA) is 89.2 Å². The van der Waals surface area contributed by atoms with Crippen LogP contribution in [-0.4, -0.2) is 36.5 Å². The first-order valence-corrected chi connectivity index (χ1v) is 11.9. The number of carbonyl (C=O) groups excluding carboxylic acids is 1. The van der Waals surface area contributed by atoms with Gasteiger partial charge in [0.2, 0.25) is 0 Å². The van der Waals surface area contributed by atoms with Gasteiger partial charge in [0.15, 0.2) is 11.5 Å². The second-order valence-electron chi connectivity index (χ2n) is 8.09. The molecule has 3 aromatic carbocycles. The fraction of sp³-hybridized carbons (Fsp3) is 0.138. The zero-order valence-corrected chi connectivity index (χ0v) is 21.2. The van der Waals surface area contributed by atoms with Gasteiger partial charge in [-0.3, -0.25) is 4.79 Å². The molecule has 0 bridgehead atoms. The van der Waals surface area contributed by atoms with Crippen LogP contribution in [0, 0.1) is 11.3 Å². The van der Waals surface area contributed by atoms with Crippen molar-refractivity contribution < 1.29 is 14.3 Å². The molecule has 0 spiro atoms. The lowest BCUT2D eigenvalue weighted by atomic mass is 10.1. The van der Waals surface area contributed by atoms with Gasteiger partial charge in [-0.15, -0.1) is 0 Å². The highest BCUT2D eigenvalue weighted by Gasteiger charge is 2.15. The lowest BCUT2D eigenvalue weighted by Crippen LogP contribution is -2.26. The quantitative estimate of drug-likeness (QED) is 0.237. The normalized spacial score (nSPS) is 11.0. The third-order valence-corrected chi connectivity index (χ3v) is 5.95. The molecular formula is C29H25ClN4O3. The van der Waals surface area contributed by atoms with E-state index < -0.39 is 5.91 Å². The maximum Gasteiger partial charge on any atom is 0.261 e. The van der Waals surface area contributed by atoms with E-state index in [1.165, 1.54) is 0 Å². The number of carbonyl (C=O) groups is 1. The molecule has 0 fully saturated rings. The number of ether oxygens (including phenoxy) is 2. The van der Waals surface area contributed by atoms with Gasteiger partial charge in [0.25, 0.3) is 5.91 Å². The molecule has 1 N–H and O–H groups in total. The summed E-state index contributed by atoms with van der Waals surface area (Å²) in [6, 6.07) is 24.5. The van der Waals surface area contributed by atoms with Gasteiger partial charge in [0.05, 0.1) is 25.6 Å². The van der Waals surface area contributed by atoms with E-state index in [4.69, 9.17) is 26.2 Å². The molecule has 1 amide bonds. The minimum absolute atomic E-state index is 0.0184. The SMILES string of the molecule is COc1ccc(CCNC(=O)C(C#N)=Cc2cn(-c3ccccc3)nc2-c2ccc(Cl)cc2)cc1OC. The van der Waals surface area contributed by atoms with Crippen molar-refractivity contribution in [3.8, 4) is 34.5 Å².